The van der Waals surface area contributed by atoms with Crippen LogP contribution in [0.1, 0.15) is 25.3 Å². The monoisotopic (exact) mass is 311 g/mol. The molecule has 5 nitrogen and oxygen atoms in total. The first kappa shape index (κ1) is 11.8. The van der Waals surface area contributed by atoms with Crippen molar-refractivity contribution >= 4 is 21.7 Å². The molecule has 1 fully saturated rings. The standard InChI is InChI=1S/C12H14BrN3O2/c13-11-5-4-10(18-11)7-6-12(14)16(15-7)8-2-1-3-9(8)17/h4-6,8-9,17H,1-3,14H2. The summed E-state index contributed by atoms with van der Waals surface area (Å²) in [6.07, 6.45) is 2.37. The summed E-state index contributed by atoms with van der Waals surface area (Å²) < 4.78 is 7.82. The summed E-state index contributed by atoms with van der Waals surface area (Å²) in [7, 11) is 0. The van der Waals surface area contributed by atoms with Crippen molar-refractivity contribution in [3.8, 4) is 11.5 Å². The molecule has 0 amide bonds. The van der Waals surface area contributed by atoms with Crippen LogP contribution in [0, 0.1) is 0 Å². The molecule has 0 spiro atoms. The van der Waals surface area contributed by atoms with E-state index in [0.717, 1.165) is 19.3 Å². The molecule has 1 aliphatic rings. The Morgan fingerprint density at radius 3 is 2.89 bits per heavy atom. The molecule has 6 heteroatoms. The number of aromatic nitrogens is 2. The number of halogens is 1. The quantitative estimate of drug-likeness (QED) is 0.893. The van der Waals surface area contributed by atoms with Crippen LogP contribution in [0.5, 0.6) is 0 Å². The van der Waals surface area contributed by atoms with Crippen LogP contribution < -0.4 is 5.73 Å². The van der Waals surface area contributed by atoms with E-state index in [-0.39, 0.29) is 12.1 Å². The summed E-state index contributed by atoms with van der Waals surface area (Å²) in [5.41, 5.74) is 6.66. The number of nitrogens with zero attached hydrogens (tertiary/aromatic N) is 2. The van der Waals surface area contributed by atoms with Gasteiger partial charge in [-0.05, 0) is 47.3 Å². The van der Waals surface area contributed by atoms with Gasteiger partial charge in [-0.3, -0.25) is 0 Å². The first-order valence-electron chi connectivity index (χ1n) is 5.94. The molecular formula is C12H14BrN3O2. The lowest BCUT2D eigenvalue weighted by Crippen LogP contribution is -2.20. The molecule has 2 atom stereocenters. The van der Waals surface area contributed by atoms with Crippen molar-refractivity contribution in [2.75, 3.05) is 5.73 Å². The molecule has 0 aliphatic heterocycles. The lowest BCUT2D eigenvalue weighted by molar-refractivity contribution is 0.131. The fourth-order valence-corrected chi connectivity index (χ4v) is 2.76. The van der Waals surface area contributed by atoms with E-state index in [9.17, 15) is 5.11 Å². The summed E-state index contributed by atoms with van der Waals surface area (Å²) >= 11 is 3.26. The van der Waals surface area contributed by atoms with Gasteiger partial charge in [0.25, 0.3) is 0 Å². The Bertz CT molecular complexity index is 563. The van der Waals surface area contributed by atoms with Gasteiger partial charge in [0.2, 0.25) is 0 Å². The highest BCUT2D eigenvalue weighted by Crippen LogP contribution is 2.33. The minimum Gasteiger partial charge on any atom is -0.448 e. The summed E-state index contributed by atoms with van der Waals surface area (Å²) in [6.45, 7) is 0. The summed E-state index contributed by atoms with van der Waals surface area (Å²) in [5.74, 6) is 1.23. The maximum Gasteiger partial charge on any atom is 0.169 e. The zero-order valence-electron chi connectivity index (χ0n) is 9.71. The van der Waals surface area contributed by atoms with E-state index >= 15 is 0 Å². The zero-order valence-corrected chi connectivity index (χ0v) is 11.3. The van der Waals surface area contributed by atoms with E-state index in [1.807, 2.05) is 12.1 Å². The second kappa shape index (κ2) is 4.44. The van der Waals surface area contributed by atoms with Crippen molar-refractivity contribution in [1.82, 2.24) is 9.78 Å². The molecule has 0 radical (unpaired) electrons. The average molecular weight is 312 g/mol. The Morgan fingerprint density at radius 1 is 1.44 bits per heavy atom. The number of nitrogen functional groups attached to an aromatic ring is 1. The van der Waals surface area contributed by atoms with Crippen LogP contribution in [0.4, 0.5) is 5.82 Å². The molecule has 3 N–H and O–H groups in total. The van der Waals surface area contributed by atoms with Crippen LogP contribution in [0.25, 0.3) is 11.5 Å². The summed E-state index contributed by atoms with van der Waals surface area (Å²) in [4.78, 5) is 0. The molecule has 0 saturated heterocycles. The molecule has 0 aromatic carbocycles. The number of hydrogen-bond acceptors (Lipinski definition) is 4. The van der Waals surface area contributed by atoms with Crippen molar-refractivity contribution in [1.29, 1.82) is 0 Å². The van der Waals surface area contributed by atoms with Crippen molar-refractivity contribution in [2.24, 2.45) is 0 Å². The molecule has 2 unspecified atom stereocenters. The van der Waals surface area contributed by atoms with Crippen LogP contribution >= 0.6 is 15.9 Å². The molecular weight excluding hydrogens is 298 g/mol. The average Bonchev–Trinajstić information content (AvgIpc) is 2.99. The highest BCUT2D eigenvalue weighted by atomic mass is 79.9. The maximum absolute atomic E-state index is 9.90. The molecule has 1 aliphatic carbocycles. The van der Waals surface area contributed by atoms with Crippen LogP contribution in [-0.2, 0) is 0 Å². The number of furan rings is 1. The number of hydrogen-bond donors (Lipinski definition) is 2. The third-order valence-corrected chi connectivity index (χ3v) is 3.77. The molecule has 2 aromatic heterocycles. The summed E-state index contributed by atoms with van der Waals surface area (Å²) in [6, 6.07) is 5.41. The van der Waals surface area contributed by atoms with Crippen molar-refractivity contribution in [3.05, 3.63) is 22.9 Å². The molecule has 1 saturated carbocycles. The lowest BCUT2D eigenvalue weighted by Gasteiger charge is -2.16. The third-order valence-electron chi connectivity index (χ3n) is 3.35. The lowest BCUT2D eigenvalue weighted by atomic mass is 10.2. The smallest absolute Gasteiger partial charge is 0.169 e. The zero-order chi connectivity index (χ0) is 12.7. The number of aliphatic hydroxyl groups excluding tert-OH is 1. The number of aliphatic hydroxyl groups is 1. The molecule has 3 rings (SSSR count). The van der Waals surface area contributed by atoms with E-state index in [4.69, 9.17) is 10.2 Å². The van der Waals surface area contributed by atoms with Crippen molar-refractivity contribution in [2.45, 2.75) is 31.4 Å². The second-order valence-corrected chi connectivity index (χ2v) is 5.35. The molecule has 96 valence electrons. The van der Waals surface area contributed by atoms with Gasteiger partial charge in [-0.25, -0.2) is 4.68 Å². The second-order valence-electron chi connectivity index (χ2n) is 4.57. The minimum absolute atomic E-state index is 0.0165. The van der Waals surface area contributed by atoms with E-state index in [2.05, 4.69) is 21.0 Å². The predicted molar refractivity (Wildman–Crippen MR) is 70.9 cm³/mol. The Balaban J connectivity index is 1.95. The van der Waals surface area contributed by atoms with Gasteiger partial charge in [0.05, 0.1) is 12.1 Å². The number of rotatable bonds is 2. The van der Waals surface area contributed by atoms with Gasteiger partial charge >= 0.3 is 0 Å². The van der Waals surface area contributed by atoms with Crippen LogP contribution in [0.2, 0.25) is 0 Å². The molecule has 18 heavy (non-hydrogen) atoms. The first-order chi connectivity index (χ1) is 8.65. The Morgan fingerprint density at radius 2 is 2.28 bits per heavy atom. The molecule has 2 heterocycles. The van der Waals surface area contributed by atoms with Gasteiger partial charge in [0.15, 0.2) is 10.4 Å². The number of anilines is 1. The highest BCUT2D eigenvalue weighted by molar-refractivity contribution is 9.10. The first-order valence-corrected chi connectivity index (χ1v) is 6.73. The predicted octanol–water partition coefficient (Wildman–Crippen LogP) is 2.57. The van der Waals surface area contributed by atoms with E-state index in [1.54, 1.807) is 10.7 Å². The third kappa shape index (κ3) is 1.95. The SMILES string of the molecule is Nc1cc(-c2ccc(Br)o2)nn1C1CCCC1O. The van der Waals surface area contributed by atoms with Gasteiger partial charge in [0.1, 0.15) is 11.5 Å². The van der Waals surface area contributed by atoms with Crippen molar-refractivity contribution in [3.63, 3.8) is 0 Å². The van der Waals surface area contributed by atoms with Crippen molar-refractivity contribution < 1.29 is 9.52 Å². The minimum atomic E-state index is -0.358. The van der Waals surface area contributed by atoms with Gasteiger partial charge in [-0.1, -0.05) is 0 Å². The van der Waals surface area contributed by atoms with E-state index < -0.39 is 0 Å². The van der Waals surface area contributed by atoms with E-state index in [0.29, 0.717) is 21.9 Å². The number of nitrogens with two attached hydrogens (primary N) is 1. The Labute approximate surface area is 113 Å². The Hall–Kier alpha value is -1.27. The van der Waals surface area contributed by atoms with Crippen LogP contribution in [-0.4, -0.2) is 21.0 Å². The maximum atomic E-state index is 9.90. The molecule has 0 bridgehead atoms. The van der Waals surface area contributed by atoms with Gasteiger partial charge in [-0.15, -0.1) is 0 Å². The summed E-state index contributed by atoms with van der Waals surface area (Å²) in [5, 5.41) is 14.3. The Kier molecular flexibility index (Phi) is 2.91. The fraction of sp³-hybridized carbons (Fsp3) is 0.417. The largest absolute Gasteiger partial charge is 0.448 e. The fourth-order valence-electron chi connectivity index (χ4n) is 2.45. The van der Waals surface area contributed by atoms with Gasteiger partial charge in [0, 0.05) is 6.07 Å². The normalized spacial score (nSPS) is 23.7. The molecule has 2 aromatic rings. The van der Waals surface area contributed by atoms with E-state index in [1.165, 1.54) is 0 Å². The van der Waals surface area contributed by atoms with Gasteiger partial charge < -0.3 is 15.3 Å². The van der Waals surface area contributed by atoms with Crippen LogP contribution in [0.3, 0.4) is 0 Å². The highest BCUT2D eigenvalue weighted by Gasteiger charge is 2.29. The topological polar surface area (TPSA) is 77.2 Å². The van der Waals surface area contributed by atoms with Crippen LogP contribution in [0.15, 0.2) is 27.3 Å². The van der Waals surface area contributed by atoms with Gasteiger partial charge in [-0.2, -0.15) is 5.10 Å².